The topological polar surface area (TPSA) is 15.3 Å². The molecule has 2 rings (SSSR count). The van der Waals surface area contributed by atoms with Gasteiger partial charge in [0.05, 0.1) is 0 Å². The first-order chi connectivity index (χ1) is 8.28. The molecule has 1 aromatic rings. The number of hydrogen-bond acceptors (Lipinski definition) is 2. The van der Waals surface area contributed by atoms with E-state index in [0.29, 0.717) is 6.04 Å². The molecule has 1 heterocycles. The van der Waals surface area contributed by atoms with Gasteiger partial charge in [-0.25, -0.2) is 4.39 Å². The molecule has 94 valence electrons. The number of halogens is 1. The van der Waals surface area contributed by atoms with E-state index in [1.54, 1.807) is 12.1 Å². The Kier molecular flexibility index (Phi) is 4.51. The van der Waals surface area contributed by atoms with E-state index in [1.165, 1.54) is 25.5 Å². The van der Waals surface area contributed by atoms with Crippen LogP contribution in [0.4, 0.5) is 4.39 Å². The number of rotatable bonds is 4. The summed E-state index contributed by atoms with van der Waals surface area (Å²) in [5.74, 6) is -0.150. The molecule has 0 radical (unpaired) electrons. The number of nitrogens with one attached hydrogen (secondary N) is 1. The van der Waals surface area contributed by atoms with Crippen LogP contribution in [0.1, 0.15) is 25.3 Å². The molecule has 0 bridgehead atoms. The molecule has 1 fully saturated rings. The molecule has 1 atom stereocenters. The van der Waals surface area contributed by atoms with E-state index in [9.17, 15) is 4.39 Å². The summed E-state index contributed by atoms with van der Waals surface area (Å²) >= 11 is 0. The van der Waals surface area contributed by atoms with Crippen molar-refractivity contribution in [3.63, 3.8) is 0 Å². The molecule has 1 saturated heterocycles. The molecule has 17 heavy (non-hydrogen) atoms. The van der Waals surface area contributed by atoms with Gasteiger partial charge >= 0.3 is 0 Å². The van der Waals surface area contributed by atoms with Gasteiger partial charge in [0.2, 0.25) is 0 Å². The van der Waals surface area contributed by atoms with Crippen LogP contribution in [0, 0.1) is 5.82 Å². The third-order valence-corrected chi connectivity index (χ3v) is 3.44. The lowest BCUT2D eigenvalue weighted by Crippen LogP contribution is -2.45. The first-order valence-corrected chi connectivity index (χ1v) is 6.48. The van der Waals surface area contributed by atoms with Crippen molar-refractivity contribution in [3.8, 4) is 0 Å². The van der Waals surface area contributed by atoms with Crippen LogP contribution in [0.15, 0.2) is 24.3 Å². The zero-order chi connectivity index (χ0) is 12.1. The van der Waals surface area contributed by atoms with Gasteiger partial charge in [0.1, 0.15) is 5.82 Å². The summed E-state index contributed by atoms with van der Waals surface area (Å²) in [5, 5.41) is 3.52. The van der Waals surface area contributed by atoms with Gasteiger partial charge in [0.15, 0.2) is 0 Å². The fourth-order valence-corrected chi connectivity index (χ4v) is 2.42. The normalized spacial score (nSPS) is 21.6. The van der Waals surface area contributed by atoms with Crippen molar-refractivity contribution >= 4 is 0 Å². The Balaban J connectivity index is 1.81. The number of piperidine rings is 1. The van der Waals surface area contributed by atoms with Crippen LogP contribution >= 0.6 is 0 Å². The van der Waals surface area contributed by atoms with E-state index in [0.717, 1.165) is 25.2 Å². The van der Waals surface area contributed by atoms with Crippen molar-refractivity contribution in [1.82, 2.24) is 10.2 Å². The zero-order valence-corrected chi connectivity index (χ0v) is 10.5. The van der Waals surface area contributed by atoms with E-state index in [2.05, 4.69) is 17.1 Å². The predicted molar refractivity (Wildman–Crippen MR) is 68.4 cm³/mol. The molecule has 1 aromatic carbocycles. The van der Waals surface area contributed by atoms with Crippen LogP contribution < -0.4 is 5.32 Å². The summed E-state index contributed by atoms with van der Waals surface area (Å²) in [6, 6.07) is 7.38. The van der Waals surface area contributed by atoms with Crippen LogP contribution in [0.25, 0.3) is 0 Å². The van der Waals surface area contributed by atoms with Crippen LogP contribution in [0.3, 0.4) is 0 Å². The fraction of sp³-hybridized carbons (Fsp3) is 0.571. The predicted octanol–water partition coefficient (Wildman–Crippen LogP) is 2.40. The van der Waals surface area contributed by atoms with Crippen molar-refractivity contribution in [1.29, 1.82) is 0 Å². The molecule has 1 aliphatic heterocycles. The Labute approximate surface area is 103 Å². The molecular formula is C14H21FN2. The van der Waals surface area contributed by atoms with Crippen molar-refractivity contribution in [2.24, 2.45) is 0 Å². The molecule has 0 aromatic heterocycles. The highest BCUT2D eigenvalue weighted by atomic mass is 19.1. The second-order valence-electron chi connectivity index (χ2n) is 4.74. The van der Waals surface area contributed by atoms with E-state index in [4.69, 9.17) is 0 Å². The van der Waals surface area contributed by atoms with Crippen molar-refractivity contribution in [3.05, 3.63) is 35.6 Å². The maximum atomic E-state index is 13.0. The van der Waals surface area contributed by atoms with E-state index >= 15 is 0 Å². The van der Waals surface area contributed by atoms with Crippen molar-refractivity contribution in [2.75, 3.05) is 19.6 Å². The Hall–Kier alpha value is -0.930. The summed E-state index contributed by atoms with van der Waals surface area (Å²) in [6.07, 6.45) is 2.49. The third-order valence-electron chi connectivity index (χ3n) is 3.44. The van der Waals surface area contributed by atoms with Gasteiger partial charge in [-0.15, -0.1) is 0 Å². The first-order valence-electron chi connectivity index (χ1n) is 6.48. The van der Waals surface area contributed by atoms with Gasteiger partial charge in [-0.2, -0.15) is 0 Å². The number of benzene rings is 1. The summed E-state index contributed by atoms with van der Waals surface area (Å²) in [5.41, 5.74) is 1.03. The lowest BCUT2D eigenvalue weighted by Gasteiger charge is -2.32. The molecule has 1 unspecified atom stereocenters. The maximum absolute atomic E-state index is 13.0. The highest BCUT2D eigenvalue weighted by Crippen LogP contribution is 2.11. The summed E-state index contributed by atoms with van der Waals surface area (Å²) < 4.78 is 13.0. The highest BCUT2D eigenvalue weighted by Gasteiger charge is 2.17. The van der Waals surface area contributed by atoms with Crippen LogP contribution in [0.5, 0.6) is 0 Å². The maximum Gasteiger partial charge on any atom is 0.123 e. The fourth-order valence-electron chi connectivity index (χ4n) is 2.42. The van der Waals surface area contributed by atoms with Gasteiger partial charge in [0, 0.05) is 19.1 Å². The quantitative estimate of drug-likeness (QED) is 0.863. The monoisotopic (exact) mass is 236 g/mol. The number of hydrogen-bond donors (Lipinski definition) is 1. The van der Waals surface area contributed by atoms with Crippen molar-refractivity contribution in [2.45, 2.75) is 32.4 Å². The molecule has 1 aliphatic rings. The van der Waals surface area contributed by atoms with Gasteiger partial charge < -0.3 is 10.2 Å². The lowest BCUT2D eigenvalue weighted by molar-refractivity contribution is 0.198. The first kappa shape index (κ1) is 12.5. The molecular weight excluding hydrogens is 215 g/mol. The minimum Gasteiger partial charge on any atom is -0.309 e. The Morgan fingerprint density at radius 1 is 1.47 bits per heavy atom. The Bertz CT molecular complexity index is 354. The Morgan fingerprint density at radius 3 is 3.12 bits per heavy atom. The molecule has 0 aliphatic carbocycles. The molecule has 3 heteroatoms. The smallest absolute Gasteiger partial charge is 0.123 e. The largest absolute Gasteiger partial charge is 0.309 e. The zero-order valence-electron chi connectivity index (χ0n) is 10.5. The lowest BCUT2D eigenvalue weighted by atomic mass is 10.1. The summed E-state index contributed by atoms with van der Waals surface area (Å²) in [6.45, 7) is 6.42. The van der Waals surface area contributed by atoms with Gasteiger partial charge in [-0.05, 0) is 43.6 Å². The molecule has 1 N–H and O–H groups in total. The van der Waals surface area contributed by atoms with E-state index in [1.807, 2.05) is 6.07 Å². The summed E-state index contributed by atoms with van der Waals surface area (Å²) in [4.78, 5) is 2.47. The molecule has 0 amide bonds. The average molecular weight is 236 g/mol. The average Bonchev–Trinajstić information content (AvgIpc) is 2.37. The molecule has 0 saturated carbocycles. The van der Waals surface area contributed by atoms with E-state index in [-0.39, 0.29) is 5.82 Å². The van der Waals surface area contributed by atoms with Crippen molar-refractivity contribution < 1.29 is 4.39 Å². The van der Waals surface area contributed by atoms with E-state index < -0.39 is 0 Å². The van der Waals surface area contributed by atoms with Gasteiger partial charge in [-0.3, -0.25) is 0 Å². The van der Waals surface area contributed by atoms with Crippen LogP contribution in [-0.4, -0.2) is 30.6 Å². The van der Waals surface area contributed by atoms with Crippen LogP contribution in [0.2, 0.25) is 0 Å². The molecule has 2 nitrogen and oxygen atoms in total. The number of nitrogens with zero attached hydrogens (tertiary/aromatic N) is 1. The van der Waals surface area contributed by atoms with Gasteiger partial charge in [0.25, 0.3) is 0 Å². The van der Waals surface area contributed by atoms with Gasteiger partial charge in [-0.1, -0.05) is 19.1 Å². The Morgan fingerprint density at radius 2 is 2.35 bits per heavy atom. The number of likely N-dealkylation sites (tertiary alicyclic amines) is 1. The minimum atomic E-state index is -0.150. The second-order valence-corrected chi connectivity index (χ2v) is 4.74. The third kappa shape index (κ3) is 3.79. The highest BCUT2D eigenvalue weighted by molar-refractivity contribution is 5.16. The standard InChI is InChI=1S/C14H21FN2/c1-2-17-8-4-7-14(11-17)16-10-12-5-3-6-13(15)9-12/h3,5-6,9,14,16H,2,4,7-8,10-11H2,1H3. The SMILES string of the molecule is CCN1CCCC(NCc2cccc(F)c2)C1. The summed E-state index contributed by atoms with van der Waals surface area (Å²) in [7, 11) is 0. The number of likely N-dealkylation sites (N-methyl/N-ethyl adjacent to an activating group) is 1. The molecule has 0 spiro atoms. The van der Waals surface area contributed by atoms with Crippen LogP contribution in [-0.2, 0) is 6.54 Å². The second kappa shape index (κ2) is 6.12. The minimum absolute atomic E-state index is 0.150.